The molecule has 5 rings (SSSR count). The van der Waals surface area contributed by atoms with E-state index < -0.39 is 17.1 Å². The topological polar surface area (TPSA) is 106 Å². The molecule has 0 bridgehead atoms. The van der Waals surface area contributed by atoms with Gasteiger partial charge in [-0.2, -0.15) is 0 Å². The Labute approximate surface area is 163 Å². The summed E-state index contributed by atoms with van der Waals surface area (Å²) in [6.45, 7) is 0. The van der Waals surface area contributed by atoms with Crippen molar-refractivity contribution in [3.8, 4) is 0 Å². The fourth-order valence-corrected chi connectivity index (χ4v) is 4.09. The Morgan fingerprint density at radius 2 is 2.00 bits per heavy atom. The number of halogens is 1. The molecule has 1 aromatic carbocycles. The Kier molecular flexibility index (Phi) is 3.41. The molecule has 0 radical (unpaired) electrons. The summed E-state index contributed by atoms with van der Waals surface area (Å²) in [6, 6.07) is 10.00. The Morgan fingerprint density at radius 1 is 1.18 bits per heavy atom. The van der Waals surface area contributed by atoms with Crippen LogP contribution in [0.3, 0.4) is 0 Å². The quantitative estimate of drug-likeness (QED) is 0.688. The minimum absolute atomic E-state index is 0.0268. The number of amides is 1. The van der Waals surface area contributed by atoms with Gasteiger partial charge in [0.05, 0.1) is 5.02 Å². The third-order valence-corrected chi connectivity index (χ3v) is 5.29. The first-order chi connectivity index (χ1) is 13.5. The lowest BCUT2D eigenvalue weighted by molar-refractivity contribution is 0.0753. The predicted octanol–water partition coefficient (Wildman–Crippen LogP) is 1.87. The van der Waals surface area contributed by atoms with Crippen LogP contribution in [0.15, 0.2) is 53.7 Å². The second-order valence-electron chi connectivity index (χ2n) is 6.59. The van der Waals surface area contributed by atoms with Crippen molar-refractivity contribution in [1.82, 2.24) is 19.9 Å². The molecule has 2 aromatic heterocycles. The molecular formula is C19H12ClN5O3. The standard InChI is InChI=1S/C19H12ClN5O3/c20-12-7-13(23-14-5-6-21-9-22-14)18(28)25-15(12)17(27)24-19(25)8-10-3-1-2-4-11(10)16(19)26/h1-7,9H,8H2,(H,24,27)(H,21,22,23)/t19-/m1/s1. The molecule has 8 nitrogen and oxygen atoms in total. The summed E-state index contributed by atoms with van der Waals surface area (Å²) < 4.78 is 1.17. The second-order valence-corrected chi connectivity index (χ2v) is 7.00. The van der Waals surface area contributed by atoms with Crippen molar-refractivity contribution in [2.75, 3.05) is 5.32 Å². The van der Waals surface area contributed by atoms with Crippen molar-refractivity contribution in [2.24, 2.45) is 0 Å². The van der Waals surface area contributed by atoms with Gasteiger partial charge in [-0.15, -0.1) is 0 Å². The smallest absolute Gasteiger partial charge is 0.277 e. The summed E-state index contributed by atoms with van der Waals surface area (Å²) in [6.07, 6.45) is 3.03. The molecule has 0 saturated heterocycles. The van der Waals surface area contributed by atoms with Crippen molar-refractivity contribution in [1.29, 1.82) is 0 Å². The van der Waals surface area contributed by atoms with Crippen LogP contribution in [-0.2, 0) is 12.1 Å². The number of carbonyl (C=O) groups is 2. The van der Waals surface area contributed by atoms with Crippen LogP contribution in [-0.4, -0.2) is 26.2 Å². The number of hydrogen-bond acceptors (Lipinski definition) is 6. The lowest BCUT2D eigenvalue weighted by Gasteiger charge is -2.25. The molecule has 9 heteroatoms. The van der Waals surface area contributed by atoms with E-state index in [-0.39, 0.29) is 28.6 Å². The van der Waals surface area contributed by atoms with Gasteiger partial charge in [0, 0.05) is 18.2 Å². The summed E-state index contributed by atoms with van der Waals surface area (Å²) in [4.78, 5) is 46.9. The molecule has 2 N–H and O–H groups in total. The van der Waals surface area contributed by atoms with Crippen molar-refractivity contribution in [2.45, 2.75) is 12.1 Å². The number of nitrogens with zero attached hydrogens (tertiary/aromatic N) is 3. The zero-order chi connectivity index (χ0) is 19.5. The van der Waals surface area contributed by atoms with Gasteiger partial charge in [-0.25, -0.2) is 9.97 Å². The molecular weight excluding hydrogens is 382 g/mol. The van der Waals surface area contributed by atoms with Crippen molar-refractivity contribution in [3.05, 3.63) is 81.1 Å². The third kappa shape index (κ3) is 2.15. The summed E-state index contributed by atoms with van der Waals surface area (Å²) in [5.74, 6) is -0.513. The van der Waals surface area contributed by atoms with Crippen LogP contribution in [0.1, 0.15) is 26.4 Å². The van der Waals surface area contributed by atoms with E-state index in [2.05, 4.69) is 20.6 Å². The van der Waals surface area contributed by atoms with Gasteiger partial charge in [0.15, 0.2) is 5.66 Å². The van der Waals surface area contributed by atoms with Gasteiger partial charge in [-0.05, 0) is 17.7 Å². The summed E-state index contributed by atoms with van der Waals surface area (Å²) in [5, 5.41) is 5.65. The van der Waals surface area contributed by atoms with Gasteiger partial charge in [0.2, 0.25) is 5.78 Å². The zero-order valence-electron chi connectivity index (χ0n) is 14.3. The van der Waals surface area contributed by atoms with Crippen LogP contribution in [0, 0.1) is 0 Å². The van der Waals surface area contributed by atoms with E-state index in [1.54, 1.807) is 18.2 Å². The maximum Gasteiger partial charge on any atom is 0.277 e. The van der Waals surface area contributed by atoms with E-state index in [1.807, 2.05) is 12.1 Å². The summed E-state index contributed by atoms with van der Waals surface area (Å²) in [7, 11) is 0. The summed E-state index contributed by atoms with van der Waals surface area (Å²) >= 11 is 6.32. The highest BCUT2D eigenvalue weighted by Crippen LogP contribution is 2.39. The van der Waals surface area contributed by atoms with E-state index in [0.717, 1.165) is 5.56 Å². The Bertz CT molecular complexity index is 1220. The number of fused-ring (bicyclic) bond motifs is 3. The number of hydrogen-bond donors (Lipinski definition) is 2. The Hall–Kier alpha value is -3.52. The molecule has 28 heavy (non-hydrogen) atoms. The van der Waals surface area contributed by atoms with E-state index >= 15 is 0 Å². The molecule has 3 heterocycles. The SMILES string of the molecule is O=C1N[C@]2(Cc3ccccc3C2=O)n2c1c(Cl)cc(Nc1ccncn1)c2=O. The van der Waals surface area contributed by atoms with Crippen molar-refractivity contribution >= 4 is 34.8 Å². The van der Waals surface area contributed by atoms with Crippen LogP contribution in [0.4, 0.5) is 11.5 Å². The lowest BCUT2D eigenvalue weighted by atomic mass is 10.1. The number of rotatable bonds is 2. The number of Topliss-reactive ketones (excluding diaryl/α,β-unsaturated/α-hetero) is 1. The third-order valence-electron chi connectivity index (χ3n) is 5.00. The number of carbonyl (C=O) groups excluding carboxylic acids is 2. The first kappa shape index (κ1) is 16.6. The molecule has 3 aromatic rings. The van der Waals surface area contributed by atoms with Gasteiger partial charge in [0.25, 0.3) is 11.5 Å². The Balaban J connectivity index is 1.71. The normalized spacial score (nSPS) is 19.5. The van der Waals surface area contributed by atoms with Gasteiger partial charge < -0.3 is 10.6 Å². The number of ketones is 1. The van der Waals surface area contributed by atoms with E-state index in [9.17, 15) is 14.4 Å². The molecule has 2 aliphatic rings. The van der Waals surface area contributed by atoms with E-state index in [4.69, 9.17) is 11.6 Å². The second kappa shape index (κ2) is 5.74. The van der Waals surface area contributed by atoms with E-state index in [1.165, 1.54) is 23.2 Å². The number of nitrogens with one attached hydrogen (secondary N) is 2. The molecule has 1 atom stereocenters. The van der Waals surface area contributed by atoms with Gasteiger partial charge >= 0.3 is 0 Å². The molecule has 0 fully saturated rings. The number of aromatic nitrogens is 3. The number of benzene rings is 1. The fourth-order valence-electron chi connectivity index (χ4n) is 3.81. The Morgan fingerprint density at radius 3 is 2.75 bits per heavy atom. The first-order valence-electron chi connectivity index (χ1n) is 8.45. The van der Waals surface area contributed by atoms with Crippen LogP contribution >= 0.6 is 11.6 Å². The molecule has 0 saturated carbocycles. The zero-order valence-corrected chi connectivity index (χ0v) is 15.0. The van der Waals surface area contributed by atoms with Crippen LogP contribution in [0.2, 0.25) is 5.02 Å². The molecule has 1 aliphatic carbocycles. The highest BCUT2D eigenvalue weighted by molar-refractivity contribution is 6.34. The number of pyridine rings is 1. The van der Waals surface area contributed by atoms with Gasteiger partial charge in [0.1, 0.15) is 23.5 Å². The van der Waals surface area contributed by atoms with E-state index in [0.29, 0.717) is 11.4 Å². The predicted molar refractivity (Wildman–Crippen MR) is 101 cm³/mol. The molecule has 1 spiro atoms. The maximum absolute atomic E-state index is 13.3. The average molecular weight is 394 g/mol. The van der Waals surface area contributed by atoms with Gasteiger partial charge in [-0.1, -0.05) is 35.9 Å². The summed E-state index contributed by atoms with van der Waals surface area (Å²) in [5.41, 5.74) is -0.739. The largest absolute Gasteiger partial charge is 0.336 e. The molecule has 138 valence electrons. The van der Waals surface area contributed by atoms with Crippen molar-refractivity contribution in [3.63, 3.8) is 0 Å². The van der Waals surface area contributed by atoms with Crippen molar-refractivity contribution < 1.29 is 9.59 Å². The lowest BCUT2D eigenvalue weighted by Crippen LogP contribution is -2.52. The highest BCUT2D eigenvalue weighted by Gasteiger charge is 2.55. The average Bonchev–Trinajstić information content (AvgIpc) is 3.15. The first-order valence-corrected chi connectivity index (χ1v) is 8.83. The maximum atomic E-state index is 13.3. The minimum atomic E-state index is -1.51. The number of anilines is 2. The molecule has 1 aliphatic heterocycles. The van der Waals surface area contributed by atoms with Crippen LogP contribution < -0.4 is 16.2 Å². The minimum Gasteiger partial charge on any atom is -0.336 e. The molecule has 1 amide bonds. The van der Waals surface area contributed by atoms with Crippen LogP contribution in [0.25, 0.3) is 0 Å². The molecule has 0 unspecified atom stereocenters. The van der Waals surface area contributed by atoms with Gasteiger partial charge in [-0.3, -0.25) is 19.0 Å². The highest BCUT2D eigenvalue weighted by atomic mass is 35.5. The monoisotopic (exact) mass is 393 g/mol. The fraction of sp³-hybridized carbons (Fsp3) is 0.105. The van der Waals surface area contributed by atoms with Crippen LogP contribution in [0.5, 0.6) is 0 Å².